The van der Waals surface area contributed by atoms with Crippen molar-refractivity contribution in [2.75, 3.05) is 0 Å². The van der Waals surface area contributed by atoms with Crippen molar-refractivity contribution in [2.24, 2.45) is 9.98 Å². The minimum absolute atomic E-state index is 0.0891. The molecular weight excluding hydrogens is 436 g/mol. The number of nitrogens with zero attached hydrogens (tertiary/aromatic N) is 2. The van der Waals surface area contributed by atoms with E-state index in [0.29, 0.717) is 22.5 Å². The van der Waals surface area contributed by atoms with E-state index in [4.69, 9.17) is 0 Å². The first kappa shape index (κ1) is 22.0. The van der Waals surface area contributed by atoms with Crippen molar-refractivity contribution in [3.8, 4) is 11.5 Å². The highest BCUT2D eigenvalue weighted by molar-refractivity contribution is 7.91. The van der Waals surface area contributed by atoms with Crippen LogP contribution in [0.4, 0.5) is 11.4 Å². The smallest absolute Gasteiger partial charge is 0.206 e. The number of phenolic OH excluding ortho intramolecular Hbond substituents is 2. The molecule has 0 saturated heterocycles. The highest BCUT2D eigenvalue weighted by Gasteiger charge is 2.18. The summed E-state index contributed by atoms with van der Waals surface area (Å²) in [6.45, 7) is 0. The van der Waals surface area contributed by atoms with Crippen LogP contribution in [0, 0.1) is 0 Å². The largest absolute Gasteiger partial charge is 0.507 e. The Labute approximate surface area is 191 Å². The minimum Gasteiger partial charge on any atom is -0.507 e. The lowest BCUT2D eigenvalue weighted by molar-refractivity contribution is 0.474. The summed E-state index contributed by atoms with van der Waals surface area (Å²) in [6, 6.07) is 26.1. The van der Waals surface area contributed by atoms with Crippen LogP contribution in [-0.4, -0.2) is 31.1 Å². The Kier molecular flexibility index (Phi) is 6.33. The fourth-order valence-electron chi connectivity index (χ4n) is 3.08. The third kappa shape index (κ3) is 5.16. The van der Waals surface area contributed by atoms with Crippen LogP contribution in [0.25, 0.3) is 0 Å². The molecule has 0 unspecified atom stereocenters. The second-order valence-corrected chi connectivity index (χ2v) is 9.08. The maximum Gasteiger partial charge on any atom is 0.206 e. The standard InChI is InChI=1S/C26H20N2O4S/c29-25-13-3-1-7-19(25)17-27-21-9-5-11-23(15-21)33(31,32)24-12-6-10-22(16-24)28-18-20-8-2-4-14-26(20)30/h1-18,29-30H. The summed E-state index contributed by atoms with van der Waals surface area (Å²) in [7, 11) is -3.81. The van der Waals surface area contributed by atoms with E-state index in [1.54, 1.807) is 72.8 Å². The number of sulfone groups is 1. The van der Waals surface area contributed by atoms with Gasteiger partial charge in [0.1, 0.15) is 11.5 Å². The predicted molar refractivity (Wildman–Crippen MR) is 129 cm³/mol. The summed E-state index contributed by atoms with van der Waals surface area (Å²) in [5.41, 5.74) is 1.93. The molecule has 0 heterocycles. The van der Waals surface area contributed by atoms with Gasteiger partial charge in [0.15, 0.2) is 0 Å². The maximum atomic E-state index is 13.2. The molecule has 0 bridgehead atoms. The first-order valence-corrected chi connectivity index (χ1v) is 11.5. The number of para-hydroxylation sites is 2. The molecule has 0 spiro atoms. The van der Waals surface area contributed by atoms with Crippen molar-refractivity contribution in [3.05, 3.63) is 108 Å². The molecule has 164 valence electrons. The zero-order valence-electron chi connectivity index (χ0n) is 17.4. The van der Waals surface area contributed by atoms with Crippen LogP contribution in [-0.2, 0) is 9.84 Å². The van der Waals surface area contributed by atoms with Crippen LogP contribution < -0.4 is 0 Å². The fraction of sp³-hybridized carbons (Fsp3) is 0. The van der Waals surface area contributed by atoms with Crippen molar-refractivity contribution in [3.63, 3.8) is 0 Å². The first-order chi connectivity index (χ1) is 15.9. The summed E-state index contributed by atoms with van der Waals surface area (Å²) in [5.74, 6) is 0.178. The van der Waals surface area contributed by atoms with Crippen LogP contribution >= 0.6 is 0 Å². The third-order valence-electron chi connectivity index (χ3n) is 4.83. The van der Waals surface area contributed by atoms with Crippen molar-refractivity contribution in [1.29, 1.82) is 0 Å². The maximum absolute atomic E-state index is 13.2. The van der Waals surface area contributed by atoms with Gasteiger partial charge in [0.05, 0.1) is 21.2 Å². The molecule has 2 N–H and O–H groups in total. The second-order valence-electron chi connectivity index (χ2n) is 7.13. The lowest BCUT2D eigenvalue weighted by atomic mass is 10.2. The van der Waals surface area contributed by atoms with Gasteiger partial charge in [-0.2, -0.15) is 0 Å². The molecule has 0 radical (unpaired) electrons. The predicted octanol–water partition coefficient (Wildman–Crippen LogP) is 5.43. The summed E-state index contributed by atoms with van der Waals surface area (Å²) in [5, 5.41) is 19.7. The number of hydrogen-bond donors (Lipinski definition) is 2. The van der Waals surface area contributed by atoms with Crippen molar-refractivity contribution in [1.82, 2.24) is 0 Å². The van der Waals surface area contributed by atoms with Crippen LogP contribution in [0.1, 0.15) is 11.1 Å². The van der Waals surface area contributed by atoms with E-state index in [0.717, 1.165) is 0 Å². The normalized spacial score (nSPS) is 11.9. The van der Waals surface area contributed by atoms with Gasteiger partial charge < -0.3 is 10.2 Å². The Morgan fingerprint density at radius 1 is 0.576 bits per heavy atom. The van der Waals surface area contributed by atoms with Gasteiger partial charge >= 0.3 is 0 Å². The van der Waals surface area contributed by atoms with Crippen LogP contribution in [0.15, 0.2) is 117 Å². The van der Waals surface area contributed by atoms with E-state index >= 15 is 0 Å². The summed E-state index contributed by atoms with van der Waals surface area (Å²) >= 11 is 0. The Bertz CT molecular complexity index is 1360. The zero-order chi connectivity index (χ0) is 23.3. The number of aliphatic imine (C=N–C) groups is 2. The van der Waals surface area contributed by atoms with Gasteiger partial charge in [-0.05, 0) is 60.7 Å². The monoisotopic (exact) mass is 456 g/mol. The molecule has 7 heteroatoms. The molecule has 0 aliphatic rings. The minimum atomic E-state index is -3.81. The molecule has 0 aliphatic carbocycles. The topological polar surface area (TPSA) is 99.3 Å². The highest BCUT2D eigenvalue weighted by atomic mass is 32.2. The van der Waals surface area contributed by atoms with Crippen LogP contribution in [0.5, 0.6) is 11.5 Å². The average molecular weight is 457 g/mol. The Balaban J connectivity index is 1.61. The molecule has 4 aromatic carbocycles. The molecule has 0 aliphatic heterocycles. The van der Waals surface area contributed by atoms with E-state index in [-0.39, 0.29) is 21.3 Å². The quantitative estimate of drug-likeness (QED) is 0.378. The number of benzene rings is 4. The average Bonchev–Trinajstić information content (AvgIpc) is 2.83. The van der Waals surface area contributed by atoms with E-state index in [9.17, 15) is 18.6 Å². The van der Waals surface area contributed by atoms with Crippen molar-refractivity contribution in [2.45, 2.75) is 9.79 Å². The van der Waals surface area contributed by atoms with Crippen molar-refractivity contribution >= 4 is 33.6 Å². The number of aromatic hydroxyl groups is 2. The summed E-state index contributed by atoms with van der Waals surface area (Å²) < 4.78 is 26.4. The molecular formula is C26H20N2O4S. The van der Waals surface area contributed by atoms with E-state index in [2.05, 4.69) is 9.98 Å². The lowest BCUT2D eigenvalue weighted by Gasteiger charge is -2.06. The molecule has 4 aromatic rings. The van der Waals surface area contributed by atoms with Gasteiger partial charge in [-0.25, -0.2) is 8.42 Å². The molecule has 0 atom stereocenters. The fourth-order valence-corrected chi connectivity index (χ4v) is 4.42. The van der Waals surface area contributed by atoms with Crippen LogP contribution in [0.2, 0.25) is 0 Å². The second kappa shape index (κ2) is 9.50. The number of hydrogen-bond acceptors (Lipinski definition) is 6. The summed E-state index contributed by atoms with van der Waals surface area (Å²) in [6.07, 6.45) is 2.96. The van der Waals surface area contributed by atoms with Gasteiger partial charge in [-0.3, -0.25) is 9.98 Å². The summed E-state index contributed by atoms with van der Waals surface area (Å²) in [4.78, 5) is 8.78. The molecule has 4 rings (SSSR count). The Morgan fingerprint density at radius 2 is 1.00 bits per heavy atom. The Morgan fingerprint density at radius 3 is 1.42 bits per heavy atom. The number of rotatable bonds is 6. The van der Waals surface area contributed by atoms with Crippen LogP contribution in [0.3, 0.4) is 0 Å². The number of phenols is 2. The molecule has 6 nitrogen and oxygen atoms in total. The lowest BCUT2D eigenvalue weighted by Crippen LogP contribution is -2.01. The third-order valence-corrected chi connectivity index (χ3v) is 6.58. The van der Waals surface area contributed by atoms with Gasteiger partial charge in [-0.1, -0.05) is 36.4 Å². The molecule has 0 amide bonds. The molecule has 0 aromatic heterocycles. The Hall–Kier alpha value is -4.23. The van der Waals surface area contributed by atoms with Gasteiger partial charge in [-0.15, -0.1) is 0 Å². The van der Waals surface area contributed by atoms with E-state index < -0.39 is 9.84 Å². The first-order valence-electron chi connectivity index (χ1n) is 10.0. The molecule has 33 heavy (non-hydrogen) atoms. The van der Waals surface area contributed by atoms with E-state index in [1.165, 1.54) is 36.7 Å². The van der Waals surface area contributed by atoms with E-state index in [1.807, 2.05) is 0 Å². The van der Waals surface area contributed by atoms with Crippen molar-refractivity contribution < 1.29 is 18.6 Å². The SMILES string of the molecule is O=S(=O)(c1cccc(N=Cc2ccccc2O)c1)c1cccc(N=Cc2ccccc2O)c1. The zero-order valence-corrected chi connectivity index (χ0v) is 18.2. The van der Waals surface area contributed by atoms with Gasteiger partial charge in [0, 0.05) is 23.6 Å². The molecule has 0 fully saturated rings. The highest BCUT2D eigenvalue weighted by Crippen LogP contribution is 2.27. The molecule has 0 saturated carbocycles. The van der Waals surface area contributed by atoms with Gasteiger partial charge in [0.25, 0.3) is 0 Å². The van der Waals surface area contributed by atoms with Gasteiger partial charge in [0.2, 0.25) is 9.84 Å².